The van der Waals surface area contributed by atoms with E-state index in [2.05, 4.69) is 10.6 Å². The van der Waals surface area contributed by atoms with Crippen molar-refractivity contribution in [1.29, 1.82) is 0 Å². The molecule has 2 heterocycles. The third-order valence-corrected chi connectivity index (χ3v) is 3.76. The highest BCUT2D eigenvalue weighted by Gasteiger charge is 2.42. The Kier molecular flexibility index (Phi) is 3.16. The first kappa shape index (κ1) is 14.3. The SMILES string of the molecule is CC1(C)Cc2cc(NC(=O)C3CC(F)(F)CN3)ccc2O1. The van der Waals surface area contributed by atoms with Crippen molar-refractivity contribution in [2.45, 2.75) is 44.3 Å². The van der Waals surface area contributed by atoms with Gasteiger partial charge in [0.05, 0.1) is 12.6 Å². The molecule has 3 rings (SSSR count). The van der Waals surface area contributed by atoms with Crippen molar-refractivity contribution in [3.8, 4) is 5.75 Å². The molecule has 0 aliphatic carbocycles. The van der Waals surface area contributed by atoms with E-state index >= 15 is 0 Å². The number of halogens is 2. The van der Waals surface area contributed by atoms with E-state index in [0.29, 0.717) is 5.69 Å². The van der Waals surface area contributed by atoms with E-state index in [1.165, 1.54) is 0 Å². The van der Waals surface area contributed by atoms with E-state index in [4.69, 9.17) is 4.74 Å². The number of nitrogens with one attached hydrogen (secondary N) is 2. The molecule has 6 heteroatoms. The Balaban J connectivity index is 1.68. The maximum absolute atomic E-state index is 13.1. The molecule has 4 nitrogen and oxygen atoms in total. The van der Waals surface area contributed by atoms with Gasteiger partial charge in [-0.2, -0.15) is 0 Å². The molecule has 0 radical (unpaired) electrons. The Hall–Kier alpha value is -1.69. The van der Waals surface area contributed by atoms with E-state index < -0.39 is 30.8 Å². The van der Waals surface area contributed by atoms with Crippen LogP contribution in [0.1, 0.15) is 25.8 Å². The summed E-state index contributed by atoms with van der Waals surface area (Å²) >= 11 is 0. The number of ether oxygens (including phenoxy) is 1. The molecule has 1 aromatic rings. The minimum absolute atomic E-state index is 0.250. The highest BCUT2D eigenvalue weighted by molar-refractivity contribution is 5.95. The van der Waals surface area contributed by atoms with Gasteiger partial charge in [0.2, 0.25) is 5.91 Å². The zero-order valence-corrected chi connectivity index (χ0v) is 12.0. The highest BCUT2D eigenvalue weighted by Crippen LogP contribution is 2.36. The molecule has 0 aromatic heterocycles. The van der Waals surface area contributed by atoms with Gasteiger partial charge in [-0.25, -0.2) is 8.78 Å². The number of anilines is 1. The molecule has 1 unspecified atom stereocenters. The van der Waals surface area contributed by atoms with Crippen LogP contribution in [-0.2, 0) is 11.2 Å². The molecule has 1 fully saturated rings. The number of carbonyl (C=O) groups excluding carboxylic acids is 1. The minimum Gasteiger partial charge on any atom is -0.487 e. The van der Waals surface area contributed by atoms with E-state index in [1.807, 2.05) is 19.9 Å². The van der Waals surface area contributed by atoms with Gasteiger partial charge in [-0.15, -0.1) is 0 Å². The van der Waals surface area contributed by atoms with Crippen LogP contribution in [0.4, 0.5) is 14.5 Å². The number of amides is 1. The lowest BCUT2D eigenvalue weighted by atomic mass is 10.0. The van der Waals surface area contributed by atoms with Gasteiger partial charge in [-0.3, -0.25) is 10.1 Å². The Morgan fingerprint density at radius 1 is 1.43 bits per heavy atom. The Bertz CT molecular complexity index is 587. The Labute approximate surface area is 121 Å². The summed E-state index contributed by atoms with van der Waals surface area (Å²) < 4.78 is 32.0. The summed E-state index contributed by atoms with van der Waals surface area (Å²) in [5.74, 6) is -2.42. The lowest BCUT2D eigenvalue weighted by molar-refractivity contribution is -0.118. The number of benzene rings is 1. The van der Waals surface area contributed by atoms with Crippen molar-refractivity contribution in [2.75, 3.05) is 11.9 Å². The topological polar surface area (TPSA) is 50.4 Å². The third kappa shape index (κ3) is 3.00. The van der Waals surface area contributed by atoms with Crippen molar-refractivity contribution in [3.05, 3.63) is 23.8 Å². The number of hydrogen-bond donors (Lipinski definition) is 2. The molecule has 1 atom stereocenters. The molecule has 114 valence electrons. The average Bonchev–Trinajstić information content (AvgIpc) is 2.86. The molecule has 21 heavy (non-hydrogen) atoms. The molecular weight excluding hydrogens is 278 g/mol. The quantitative estimate of drug-likeness (QED) is 0.880. The standard InChI is InChI=1S/C15H18F2N2O2/c1-14(2)6-9-5-10(3-4-12(9)21-14)19-13(20)11-7-15(16,17)8-18-11/h3-5,11,18H,6-8H2,1-2H3,(H,19,20). The monoisotopic (exact) mass is 296 g/mol. The minimum atomic E-state index is -2.81. The maximum atomic E-state index is 13.1. The lowest BCUT2D eigenvalue weighted by Crippen LogP contribution is -2.35. The van der Waals surface area contributed by atoms with Crippen LogP contribution in [0, 0.1) is 0 Å². The molecular formula is C15H18F2N2O2. The normalized spacial score (nSPS) is 25.2. The van der Waals surface area contributed by atoms with Crippen LogP contribution >= 0.6 is 0 Å². The summed E-state index contributed by atoms with van der Waals surface area (Å²) in [6.07, 6.45) is 0.297. The maximum Gasteiger partial charge on any atom is 0.262 e. The number of alkyl halides is 2. The number of fused-ring (bicyclic) bond motifs is 1. The lowest BCUT2D eigenvalue weighted by Gasteiger charge is -2.16. The van der Waals surface area contributed by atoms with Crippen LogP contribution in [0.5, 0.6) is 5.75 Å². The van der Waals surface area contributed by atoms with Gasteiger partial charge in [0.1, 0.15) is 11.4 Å². The van der Waals surface area contributed by atoms with Crippen molar-refractivity contribution in [1.82, 2.24) is 5.32 Å². The first-order valence-corrected chi connectivity index (χ1v) is 6.98. The zero-order valence-electron chi connectivity index (χ0n) is 12.0. The molecule has 2 aliphatic rings. The van der Waals surface area contributed by atoms with Gasteiger partial charge < -0.3 is 10.1 Å². The summed E-state index contributed by atoms with van der Waals surface area (Å²) in [4.78, 5) is 12.0. The fourth-order valence-electron chi connectivity index (χ4n) is 2.82. The van der Waals surface area contributed by atoms with Gasteiger partial charge in [-0.1, -0.05) is 0 Å². The van der Waals surface area contributed by atoms with Crippen molar-refractivity contribution in [2.24, 2.45) is 0 Å². The number of rotatable bonds is 2. The Morgan fingerprint density at radius 3 is 2.86 bits per heavy atom. The fourth-order valence-corrected chi connectivity index (χ4v) is 2.82. The van der Waals surface area contributed by atoms with Gasteiger partial charge in [0.15, 0.2) is 0 Å². The smallest absolute Gasteiger partial charge is 0.262 e. The molecule has 1 amide bonds. The van der Waals surface area contributed by atoms with Gasteiger partial charge in [-0.05, 0) is 32.0 Å². The number of carbonyl (C=O) groups is 1. The largest absolute Gasteiger partial charge is 0.487 e. The van der Waals surface area contributed by atoms with Crippen LogP contribution in [-0.4, -0.2) is 30.0 Å². The van der Waals surface area contributed by atoms with E-state index in [1.54, 1.807) is 12.1 Å². The summed E-state index contributed by atoms with van der Waals surface area (Å²) in [5, 5.41) is 5.23. The van der Waals surface area contributed by atoms with Crippen LogP contribution in [0.2, 0.25) is 0 Å². The second kappa shape index (κ2) is 4.66. The second-order valence-corrected chi connectivity index (χ2v) is 6.34. The van der Waals surface area contributed by atoms with Crippen molar-refractivity contribution < 1.29 is 18.3 Å². The van der Waals surface area contributed by atoms with Crippen LogP contribution in [0.25, 0.3) is 0 Å². The molecule has 1 saturated heterocycles. The van der Waals surface area contributed by atoms with Gasteiger partial charge in [0.25, 0.3) is 5.92 Å². The summed E-state index contributed by atoms with van der Waals surface area (Å²) in [5.41, 5.74) is 1.37. The van der Waals surface area contributed by atoms with E-state index in [0.717, 1.165) is 17.7 Å². The average molecular weight is 296 g/mol. The first-order valence-electron chi connectivity index (χ1n) is 6.98. The molecule has 0 spiro atoms. The second-order valence-electron chi connectivity index (χ2n) is 6.34. The third-order valence-electron chi connectivity index (χ3n) is 3.76. The molecule has 2 N–H and O–H groups in total. The van der Waals surface area contributed by atoms with Gasteiger partial charge in [0, 0.05) is 24.1 Å². The highest BCUT2D eigenvalue weighted by atomic mass is 19.3. The van der Waals surface area contributed by atoms with Crippen LogP contribution < -0.4 is 15.4 Å². The van der Waals surface area contributed by atoms with E-state index in [-0.39, 0.29) is 5.60 Å². The predicted octanol–water partition coefficient (Wildman–Crippen LogP) is 2.34. The Morgan fingerprint density at radius 2 is 2.19 bits per heavy atom. The number of hydrogen-bond acceptors (Lipinski definition) is 3. The zero-order chi connectivity index (χ0) is 15.3. The van der Waals surface area contributed by atoms with Crippen molar-refractivity contribution in [3.63, 3.8) is 0 Å². The summed E-state index contributed by atoms with van der Waals surface area (Å²) in [6, 6.07) is 4.53. The summed E-state index contributed by atoms with van der Waals surface area (Å²) in [6.45, 7) is 3.54. The predicted molar refractivity (Wildman–Crippen MR) is 74.8 cm³/mol. The van der Waals surface area contributed by atoms with E-state index in [9.17, 15) is 13.6 Å². The molecule has 1 aromatic carbocycles. The van der Waals surface area contributed by atoms with Crippen LogP contribution in [0.15, 0.2) is 18.2 Å². The van der Waals surface area contributed by atoms with Crippen molar-refractivity contribution >= 4 is 11.6 Å². The van der Waals surface area contributed by atoms with Gasteiger partial charge >= 0.3 is 0 Å². The molecule has 0 bridgehead atoms. The molecule has 2 aliphatic heterocycles. The first-order chi connectivity index (χ1) is 9.74. The fraction of sp³-hybridized carbons (Fsp3) is 0.533. The summed E-state index contributed by atoms with van der Waals surface area (Å²) in [7, 11) is 0. The molecule has 0 saturated carbocycles. The van der Waals surface area contributed by atoms with Crippen LogP contribution in [0.3, 0.4) is 0 Å².